The first kappa shape index (κ1) is 14.5. The Balaban J connectivity index is 1.84. The van der Waals surface area contributed by atoms with Crippen molar-refractivity contribution in [3.05, 3.63) is 40.4 Å². The van der Waals surface area contributed by atoms with Gasteiger partial charge in [0.1, 0.15) is 9.88 Å². The number of carbonyl (C=O) groups excluding carboxylic acids is 1. The van der Waals surface area contributed by atoms with Crippen LogP contribution in [0.3, 0.4) is 0 Å². The molecular formula is C15H15ClN2O2S. The van der Waals surface area contributed by atoms with Crippen molar-refractivity contribution in [3.63, 3.8) is 0 Å². The van der Waals surface area contributed by atoms with E-state index in [-0.39, 0.29) is 18.6 Å². The number of thiazole rings is 1. The summed E-state index contributed by atoms with van der Waals surface area (Å²) in [5, 5.41) is 10.5. The lowest BCUT2D eigenvalue weighted by Crippen LogP contribution is -2.35. The molecule has 110 valence electrons. The van der Waals surface area contributed by atoms with Crippen LogP contribution < -0.4 is 0 Å². The Labute approximate surface area is 132 Å². The molecule has 0 spiro atoms. The molecule has 0 unspecified atom stereocenters. The zero-order chi connectivity index (χ0) is 14.8. The molecule has 0 radical (unpaired) electrons. The van der Waals surface area contributed by atoms with E-state index in [9.17, 15) is 4.79 Å². The molecule has 0 atom stereocenters. The maximum Gasteiger partial charge on any atom is 0.265 e. The van der Waals surface area contributed by atoms with E-state index >= 15 is 0 Å². The van der Waals surface area contributed by atoms with Crippen LogP contribution in [-0.4, -0.2) is 40.1 Å². The fourth-order valence-corrected chi connectivity index (χ4v) is 3.41. The van der Waals surface area contributed by atoms with Crippen molar-refractivity contribution >= 4 is 28.8 Å². The Morgan fingerprint density at radius 2 is 2.19 bits per heavy atom. The number of carbonyl (C=O) groups is 1. The van der Waals surface area contributed by atoms with Crippen molar-refractivity contribution < 1.29 is 9.90 Å². The number of aliphatic hydroxyl groups is 1. The first-order valence-corrected chi connectivity index (χ1v) is 8.02. The predicted octanol–water partition coefficient (Wildman–Crippen LogP) is 3.06. The van der Waals surface area contributed by atoms with E-state index in [0.29, 0.717) is 16.4 Å². The molecule has 1 aliphatic carbocycles. The molecule has 4 nitrogen and oxygen atoms in total. The molecular weight excluding hydrogens is 308 g/mol. The van der Waals surface area contributed by atoms with Crippen LogP contribution in [0.2, 0.25) is 5.02 Å². The van der Waals surface area contributed by atoms with E-state index in [1.807, 2.05) is 24.3 Å². The molecule has 3 rings (SSSR count). The average molecular weight is 323 g/mol. The van der Waals surface area contributed by atoms with Gasteiger partial charge in [-0.25, -0.2) is 4.98 Å². The number of hydrogen-bond acceptors (Lipinski definition) is 4. The minimum atomic E-state index is -0.0534. The first-order chi connectivity index (χ1) is 10.2. The second-order valence-corrected chi connectivity index (χ2v) is 6.40. The molecule has 1 fully saturated rings. The summed E-state index contributed by atoms with van der Waals surface area (Å²) in [4.78, 5) is 19.1. The van der Waals surface area contributed by atoms with E-state index in [4.69, 9.17) is 16.7 Å². The second-order valence-electron chi connectivity index (χ2n) is 4.96. The summed E-state index contributed by atoms with van der Waals surface area (Å²) in [6.45, 7) is 0.362. The summed E-state index contributed by atoms with van der Waals surface area (Å²) in [5.74, 6) is -0.0534. The molecule has 21 heavy (non-hydrogen) atoms. The number of rotatable bonds is 5. The fourth-order valence-electron chi connectivity index (χ4n) is 2.22. The highest BCUT2D eigenvalue weighted by atomic mass is 35.5. The fraction of sp³-hybridized carbons (Fsp3) is 0.333. The molecule has 0 saturated heterocycles. The summed E-state index contributed by atoms with van der Waals surface area (Å²) in [5.41, 5.74) is 0.836. The van der Waals surface area contributed by atoms with Crippen molar-refractivity contribution in [2.75, 3.05) is 13.2 Å². The average Bonchev–Trinajstić information content (AvgIpc) is 3.21. The van der Waals surface area contributed by atoms with Gasteiger partial charge in [-0.1, -0.05) is 29.8 Å². The molecule has 1 amide bonds. The molecule has 1 saturated carbocycles. The van der Waals surface area contributed by atoms with Gasteiger partial charge in [-0.3, -0.25) is 4.79 Å². The van der Waals surface area contributed by atoms with Gasteiger partial charge in [-0.05, 0) is 18.9 Å². The van der Waals surface area contributed by atoms with Gasteiger partial charge in [0.25, 0.3) is 5.91 Å². The molecule has 0 aliphatic heterocycles. The first-order valence-electron chi connectivity index (χ1n) is 6.83. The van der Waals surface area contributed by atoms with E-state index in [1.54, 1.807) is 11.1 Å². The Morgan fingerprint density at radius 3 is 2.86 bits per heavy atom. The van der Waals surface area contributed by atoms with Crippen molar-refractivity contribution in [1.82, 2.24) is 9.88 Å². The number of aliphatic hydroxyl groups excluding tert-OH is 1. The number of nitrogens with zero attached hydrogens (tertiary/aromatic N) is 2. The van der Waals surface area contributed by atoms with Gasteiger partial charge in [0.2, 0.25) is 0 Å². The van der Waals surface area contributed by atoms with Crippen LogP contribution >= 0.6 is 22.9 Å². The minimum Gasteiger partial charge on any atom is -0.395 e. The summed E-state index contributed by atoms with van der Waals surface area (Å²) >= 11 is 7.50. The summed E-state index contributed by atoms with van der Waals surface area (Å²) in [7, 11) is 0. The predicted molar refractivity (Wildman–Crippen MR) is 83.7 cm³/mol. The molecule has 1 aromatic heterocycles. The second kappa shape index (κ2) is 6.13. The third kappa shape index (κ3) is 3.10. The van der Waals surface area contributed by atoms with E-state index in [2.05, 4.69) is 4.98 Å². The molecule has 1 aliphatic rings. The Hall–Kier alpha value is -1.43. The Morgan fingerprint density at radius 1 is 1.43 bits per heavy atom. The van der Waals surface area contributed by atoms with Crippen LogP contribution in [0.1, 0.15) is 22.5 Å². The van der Waals surface area contributed by atoms with Crippen LogP contribution in [-0.2, 0) is 0 Å². The lowest BCUT2D eigenvalue weighted by molar-refractivity contribution is 0.0712. The SMILES string of the molecule is O=C(c1cnc(-c2ccccc2Cl)s1)N(CCO)C1CC1. The number of amides is 1. The topological polar surface area (TPSA) is 53.4 Å². The van der Waals surface area contributed by atoms with Crippen molar-refractivity contribution in [3.8, 4) is 10.6 Å². The highest BCUT2D eigenvalue weighted by molar-refractivity contribution is 7.17. The lowest BCUT2D eigenvalue weighted by Gasteiger charge is -2.20. The quantitative estimate of drug-likeness (QED) is 0.920. The van der Waals surface area contributed by atoms with Crippen LogP contribution in [0.15, 0.2) is 30.5 Å². The highest BCUT2D eigenvalue weighted by Gasteiger charge is 2.33. The largest absolute Gasteiger partial charge is 0.395 e. The molecule has 6 heteroatoms. The standard InChI is InChI=1S/C15H15ClN2O2S/c16-12-4-2-1-3-11(12)14-17-9-13(21-14)15(20)18(7-8-19)10-5-6-10/h1-4,9-10,19H,5-8H2. The zero-order valence-corrected chi connectivity index (χ0v) is 12.9. The maximum absolute atomic E-state index is 12.5. The van der Waals surface area contributed by atoms with Crippen LogP contribution in [0.4, 0.5) is 0 Å². The normalized spacial score (nSPS) is 14.2. The van der Waals surface area contributed by atoms with Gasteiger partial charge in [-0.15, -0.1) is 11.3 Å². The van der Waals surface area contributed by atoms with Crippen LogP contribution in [0.25, 0.3) is 10.6 Å². The van der Waals surface area contributed by atoms with Gasteiger partial charge < -0.3 is 10.0 Å². The zero-order valence-electron chi connectivity index (χ0n) is 11.3. The number of halogens is 1. The van der Waals surface area contributed by atoms with Gasteiger partial charge in [-0.2, -0.15) is 0 Å². The Kier molecular flexibility index (Phi) is 4.24. The van der Waals surface area contributed by atoms with Gasteiger partial charge in [0.05, 0.1) is 17.8 Å². The summed E-state index contributed by atoms with van der Waals surface area (Å²) in [6, 6.07) is 7.73. The smallest absolute Gasteiger partial charge is 0.265 e. The van der Waals surface area contributed by atoms with E-state index < -0.39 is 0 Å². The van der Waals surface area contributed by atoms with Crippen LogP contribution in [0.5, 0.6) is 0 Å². The lowest BCUT2D eigenvalue weighted by atomic mass is 10.2. The summed E-state index contributed by atoms with van der Waals surface area (Å²) < 4.78 is 0. The summed E-state index contributed by atoms with van der Waals surface area (Å²) in [6.07, 6.45) is 3.63. The number of hydrogen-bond donors (Lipinski definition) is 1. The molecule has 1 N–H and O–H groups in total. The van der Waals surface area contributed by atoms with Crippen molar-refractivity contribution in [1.29, 1.82) is 0 Å². The highest BCUT2D eigenvalue weighted by Crippen LogP contribution is 2.33. The minimum absolute atomic E-state index is 0.0155. The maximum atomic E-state index is 12.5. The number of aromatic nitrogens is 1. The van der Waals surface area contributed by atoms with Gasteiger partial charge in [0, 0.05) is 18.2 Å². The van der Waals surface area contributed by atoms with Gasteiger partial charge in [0.15, 0.2) is 0 Å². The van der Waals surface area contributed by atoms with Crippen LogP contribution in [0, 0.1) is 0 Å². The molecule has 2 aromatic rings. The molecule has 1 aromatic carbocycles. The van der Waals surface area contributed by atoms with Gasteiger partial charge >= 0.3 is 0 Å². The van der Waals surface area contributed by atoms with E-state index in [1.165, 1.54) is 11.3 Å². The van der Waals surface area contributed by atoms with Crippen molar-refractivity contribution in [2.24, 2.45) is 0 Å². The Bertz CT molecular complexity index is 655. The van der Waals surface area contributed by atoms with E-state index in [0.717, 1.165) is 23.4 Å². The monoisotopic (exact) mass is 322 g/mol. The third-order valence-electron chi connectivity index (χ3n) is 3.41. The third-order valence-corrected chi connectivity index (χ3v) is 4.76. The van der Waals surface area contributed by atoms with Crippen molar-refractivity contribution in [2.45, 2.75) is 18.9 Å². The molecule has 0 bridgehead atoms. The number of benzene rings is 1. The molecule has 1 heterocycles.